The van der Waals surface area contributed by atoms with Crippen LogP contribution in [-0.4, -0.2) is 42.2 Å². The van der Waals surface area contributed by atoms with Crippen LogP contribution in [-0.2, 0) is 4.79 Å². The van der Waals surface area contributed by atoms with E-state index in [0.29, 0.717) is 12.2 Å². The maximum Gasteiger partial charge on any atom is 0.323 e. The van der Waals surface area contributed by atoms with Gasteiger partial charge in [0.15, 0.2) is 0 Å². The highest BCUT2D eigenvalue weighted by molar-refractivity contribution is 5.91. The molecule has 0 aliphatic carbocycles. The zero-order chi connectivity index (χ0) is 15.1. The van der Waals surface area contributed by atoms with Gasteiger partial charge >= 0.3 is 12.0 Å². The third kappa shape index (κ3) is 4.42. The van der Waals surface area contributed by atoms with E-state index in [-0.39, 0.29) is 12.2 Å². The van der Waals surface area contributed by atoms with Gasteiger partial charge in [0, 0.05) is 12.6 Å². The molecule has 0 saturated carbocycles. The van der Waals surface area contributed by atoms with Crippen molar-refractivity contribution in [2.75, 3.05) is 25.5 Å². The normalized spacial score (nSPS) is 9.95. The van der Waals surface area contributed by atoms with Gasteiger partial charge in [0.25, 0.3) is 0 Å². The number of carboxylic acid groups (broad SMARTS) is 1. The van der Waals surface area contributed by atoms with Gasteiger partial charge < -0.3 is 20.1 Å². The zero-order valence-electron chi connectivity index (χ0n) is 11.4. The van der Waals surface area contributed by atoms with E-state index >= 15 is 0 Å². The summed E-state index contributed by atoms with van der Waals surface area (Å²) in [5.41, 5.74) is -0.0548. The first-order valence-electron chi connectivity index (χ1n) is 6.09. The molecule has 7 heteroatoms. The van der Waals surface area contributed by atoms with Crippen molar-refractivity contribution >= 4 is 17.7 Å². The smallest absolute Gasteiger partial charge is 0.323 e. The van der Waals surface area contributed by atoms with Crippen molar-refractivity contribution in [2.45, 2.75) is 13.3 Å². The van der Waals surface area contributed by atoms with Crippen molar-refractivity contribution in [2.24, 2.45) is 0 Å². The first-order chi connectivity index (χ1) is 9.47. The summed E-state index contributed by atoms with van der Waals surface area (Å²) >= 11 is 0. The number of nitrogens with zero attached hydrogens (tertiary/aromatic N) is 1. The number of amides is 2. The SMILES string of the molecule is CCCN(CC(=O)O)C(=O)Nc1cc(OC)ccc1F. The highest BCUT2D eigenvalue weighted by atomic mass is 19.1. The maximum absolute atomic E-state index is 13.6. The van der Waals surface area contributed by atoms with Crippen LogP contribution in [0.2, 0.25) is 0 Å². The number of hydrogen-bond acceptors (Lipinski definition) is 3. The third-order valence-corrected chi connectivity index (χ3v) is 2.52. The molecule has 0 aromatic heterocycles. The Balaban J connectivity index is 2.84. The van der Waals surface area contributed by atoms with Gasteiger partial charge in [-0.1, -0.05) is 6.92 Å². The summed E-state index contributed by atoms with van der Waals surface area (Å²) < 4.78 is 18.5. The van der Waals surface area contributed by atoms with Gasteiger partial charge in [-0.2, -0.15) is 0 Å². The van der Waals surface area contributed by atoms with Gasteiger partial charge in [-0.25, -0.2) is 9.18 Å². The fourth-order valence-electron chi connectivity index (χ4n) is 1.61. The van der Waals surface area contributed by atoms with Gasteiger partial charge in [0.1, 0.15) is 18.1 Å². The molecule has 2 amide bonds. The number of anilines is 1. The van der Waals surface area contributed by atoms with E-state index < -0.39 is 24.4 Å². The molecule has 0 atom stereocenters. The molecule has 0 aliphatic rings. The van der Waals surface area contributed by atoms with E-state index in [1.165, 1.54) is 19.2 Å². The van der Waals surface area contributed by atoms with Gasteiger partial charge in [-0.15, -0.1) is 0 Å². The topological polar surface area (TPSA) is 78.9 Å². The Morgan fingerprint density at radius 2 is 2.15 bits per heavy atom. The largest absolute Gasteiger partial charge is 0.497 e. The highest BCUT2D eigenvalue weighted by Gasteiger charge is 2.17. The first-order valence-corrected chi connectivity index (χ1v) is 6.09. The Hall–Kier alpha value is -2.31. The second kappa shape index (κ2) is 7.32. The summed E-state index contributed by atoms with van der Waals surface area (Å²) in [5, 5.41) is 11.1. The van der Waals surface area contributed by atoms with Crippen LogP contribution in [0.15, 0.2) is 18.2 Å². The van der Waals surface area contributed by atoms with Crippen LogP contribution < -0.4 is 10.1 Å². The molecule has 2 N–H and O–H groups in total. The minimum Gasteiger partial charge on any atom is -0.497 e. The molecule has 20 heavy (non-hydrogen) atoms. The number of methoxy groups -OCH3 is 1. The van der Waals surface area contributed by atoms with Gasteiger partial charge in [-0.05, 0) is 18.6 Å². The number of carbonyl (C=O) groups is 2. The summed E-state index contributed by atoms with van der Waals surface area (Å²) in [6, 6.07) is 3.25. The van der Waals surface area contributed by atoms with E-state index in [1.807, 2.05) is 6.92 Å². The Labute approximate surface area is 116 Å². The fraction of sp³-hybridized carbons (Fsp3) is 0.385. The van der Waals surface area contributed by atoms with Crippen LogP contribution in [0, 0.1) is 5.82 Å². The molecular formula is C13H17FN2O4. The van der Waals surface area contributed by atoms with E-state index in [1.54, 1.807) is 0 Å². The van der Waals surface area contributed by atoms with Gasteiger partial charge in [0.05, 0.1) is 12.8 Å². The molecule has 0 spiro atoms. The summed E-state index contributed by atoms with van der Waals surface area (Å²) in [4.78, 5) is 23.7. The molecule has 6 nitrogen and oxygen atoms in total. The molecular weight excluding hydrogens is 267 g/mol. The van der Waals surface area contributed by atoms with Crippen LogP contribution in [0.3, 0.4) is 0 Å². The number of carboxylic acids is 1. The molecule has 0 fully saturated rings. The first kappa shape index (κ1) is 15.7. The molecule has 1 aromatic rings. The van der Waals surface area contributed by atoms with E-state index in [0.717, 1.165) is 11.0 Å². The predicted octanol–water partition coefficient (Wildman–Crippen LogP) is 2.16. The quantitative estimate of drug-likeness (QED) is 0.839. The number of benzene rings is 1. The second-order valence-electron chi connectivity index (χ2n) is 4.09. The highest BCUT2D eigenvalue weighted by Crippen LogP contribution is 2.21. The Morgan fingerprint density at radius 1 is 1.45 bits per heavy atom. The lowest BCUT2D eigenvalue weighted by atomic mass is 10.3. The minimum atomic E-state index is -1.13. The van der Waals surface area contributed by atoms with E-state index in [4.69, 9.17) is 9.84 Å². The van der Waals surface area contributed by atoms with Crippen molar-refractivity contribution in [3.63, 3.8) is 0 Å². The number of nitrogens with one attached hydrogen (secondary N) is 1. The second-order valence-corrected chi connectivity index (χ2v) is 4.09. The number of ether oxygens (including phenoxy) is 1. The van der Waals surface area contributed by atoms with Crippen molar-refractivity contribution in [3.8, 4) is 5.75 Å². The molecule has 0 unspecified atom stereocenters. The molecule has 1 aromatic carbocycles. The molecule has 0 aliphatic heterocycles. The lowest BCUT2D eigenvalue weighted by Crippen LogP contribution is -2.39. The van der Waals surface area contributed by atoms with Crippen molar-refractivity contribution in [1.82, 2.24) is 4.90 Å². The molecule has 0 saturated heterocycles. The van der Waals surface area contributed by atoms with Gasteiger partial charge in [-0.3, -0.25) is 4.79 Å². The van der Waals surface area contributed by atoms with E-state index in [2.05, 4.69) is 5.32 Å². The lowest BCUT2D eigenvalue weighted by Gasteiger charge is -2.20. The summed E-state index contributed by atoms with van der Waals surface area (Å²) in [6.45, 7) is 1.64. The van der Waals surface area contributed by atoms with Crippen molar-refractivity contribution < 1.29 is 23.8 Å². The Bertz CT molecular complexity index is 493. The minimum absolute atomic E-state index is 0.0548. The average molecular weight is 284 g/mol. The third-order valence-electron chi connectivity index (χ3n) is 2.52. The summed E-state index contributed by atoms with van der Waals surface area (Å²) in [5.74, 6) is -1.35. The average Bonchev–Trinajstić information content (AvgIpc) is 2.40. The lowest BCUT2D eigenvalue weighted by molar-refractivity contribution is -0.137. The molecule has 0 bridgehead atoms. The monoisotopic (exact) mass is 284 g/mol. The van der Waals surface area contributed by atoms with Crippen molar-refractivity contribution in [3.05, 3.63) is 24.0 Å². The number of carbonyl (C=O) groups excluding carboxylic acids is 1. The molecule has 1 rings (SSSR count). The standard InChI is InChI=1S/C13H17FN2O4/c1-3-6-16(8-12(17)18)13(19)15-11-7-9(20-2)4-5-10(11)14/h4-5,7H,3,6,8H2,1-2H3,(H,15,19)(H,17,18). The van der Waals surface area contributed by atoms with Crippen molar-refractivity contribution in [1.29, 1.82) is 0 Å². The number of aliphatic carboxylic acids is 1. The van der Waals surface area contributed by atoms with Gasteiger partial charge in [0.2, 0.25) is 0 Å². The number of rotatable bonds is 6. The van der Waals surface area contributed by atoms with Crippen LogP contribution in [0.4, 0.5) is 14.9 Å². The van der Waals surface area contributed by atoms with Crippen LogP contribution in [0.5, 0.6) is 5.75 Å². The summed E-state index contributed by atoms with van der Waals surface area (Å²) in [6.07, 6.45) is 0.599. The number of urea groups is 1. The van der Waals surface area contributed by atoms with Crippen LogP contribution >= 0.6 is 0 Å². The predicted molar refractivity (Wildman–Crippen MR) is 71.5 cm³/mol. The Kier molecular flexibility index (Phi) is 5.76. The van der Waals surface area contributed by atoms with Crippen LogP contribution in [0.25, 0.3) is 0 Å². The number of halogens is 1. The molecule has 0 heterocycles. The molecule has 110 valence electrons. The maximum atomic E-state index is 13.6. The Morgan fingerprint density at radius 3 is 2.70 bits per heavy atom. The molecule has 0 radical (unpaired) electrons. The number of hydrogen-bond donors (Lipinski definition) is 2. The van der Waals surface area contributed by atoms with E-state index in [9.17, 15) is 14.0 Å². The zero-order valence-corrected chi connectivity index (χ0v) is 11.4. The van der Waals surface area contributed by atoms with Crippen LogP contribution in [0.1, 0.15) is 13.3 Å². The fourth-order valence-corrected chi connectivity index (χ4v) is 1.61. The summed E-state index contributed by atoms with van der Waals surface area (Å²) in [7, 11) is 1.42.